The lowest BCUT2D eigenvalue weighted by Gasteiger charge is -2.32. The second-order valence-corrected chi connectivity index (χ2v) is 6.30. The number of benzene rings is 1. The van der Waals surface area contributed by atoms with E-state index < -0.39 is 0 Å². The van der Waals surface area contributed by atoms with Crippen LogP contribution in [-0.4, -0.2) is 36.1 Å². The summed E-state index contributed by atoms with van der Waals surface area (Å²) < 4.78 is 4.89. The standard InChI is InChI=1S/C18H23N3O2/c1-13-6-7-17-15(11-13)5-4-9-21(17)18(22)12-20(3)14(2)16-8-10-23-19-16/h6-8,10-11,14H,4-5,9,12H2,1-3H3/t14-/m1/s1. The van der Waals surface area contributed by atoms with Crippen molar-refractivity contribution in [2.75, 3.05) is 25.0 Å². The van der Waals surface area contributed by atoms with E-state index in [1.165, 1.54) is 11.1 Å². The minimum atomic E-state index is 0.0416. The first kappa shape index (κ1) is 15.7. The van der Waals surface area contributed by atoms with Gasteiger partial charge < -0.3 is 9.42 Å². The summed E-state index contributed by atoms with van der Waals surface area (Å²) in [5.74, 6) is 0.132. The van der Waals surface area contributed by atoms with Gasteiger partial charge >= 0.3 is 0 Å². The molecule has 0 N–H and O–H groups in total. The molecule has 1 aliphatic rings. The van der Waals surface area contributed by atoms with Gasteiger partial charge in [-0.3, -0.25) is 9.69 Å². The Morgan fingerprint density at radius 3 is 3.00 bits per heavy atom. The lowest BCUT2D eigenvalue weighted by molar-refractivity contribution is -0.120. The Labute approximate surface area is 136 Å². The van der Waals surface area contributed by atoms with Gasteiger partial charge in [-0.15, -0.1) is 0 Å². The van der Waals surface area contributed by atoms with Crippen LogP contribution in [-0.2, 0) is 11.2 Å². The molecule has 1 aromatic heterocycles. The summed E-state index contributed by atoms with van der Waals surface area (Å²) in [4.78, 5) is 16.7. The third kappa shape index (κ3) is 3.29. The number of aromatic nitrogens is 1. The normalized spacial score (nSPS) is 15.6. The van der Waals surface area contributed by atoms with Crippen LogP contribution in [0.15, 0.2) is 35.1 Å². The Kier molecular flexibility index (Phi) is 4.48. The molecule has 5 heteroatoms. The second-order valence-electron chi connectivity index (χ2n) is 6.30. The Bertz CT molecular complexity index is 682. The highest BCUT2D eigenvalue weighted by atomic mass is 16.5. The van der Waals surface area contributed by atoms with Gasteiger partial charge in [-0.2, -0.15) is 0 Å². The van der Waals surface area contributed by atoms with Crippen LogP contribution in [0, 0.1) is 6.92 Å². The Balaban J connectivity index is 1.72. The van der Waals surface area contributed by atoms with E-state index in [-0.39, 0.29) is 11.9 Å². The zero-order chi connectivity index (χ0) is 16.4. The van der Waals surface area contributed by atoms with Crippen LogP contribution in [0.2, 0.25) is 0 Å². The Morgan fingerprint density at radius 2 is 2.26 bits per heavy atom. The fourth-order valence-corrected chi connectivity index (χ4v) is 3.08. The van der Waals surface area contributed by atoms with Crippen LogP contribution in [0.4, 0.5) is 5.69 Å². The summed E-state index contributed by atoms with van der Waals surface area (Å²) in [6.45, 7) is 5.27. The monoisotopic (exact) mass is 313 g/mol. The second kappa shape index (κ2) is 6.54. The number of hydrogen-bond donors (Lipinski definition) is 0. The molecular formula is C18H23N3O2. The van der Waals surface area contributed by atoms with Crippen molar-refractivity contribution in [3.05, 3.63) is 47.3 Å². The molecule has 2 aromatic rings. The maximum absolute atomic E-state index is 12.8. The molecule has 122 valence electrons. The van der Waals surface area contributed by atoms with E-state index in [1.54, 1.807) is 6.26 Å². The number of aryl methyl sites for hydroxylation is 2. The molecule has 0 unspecified atom stereocenters. The maximum Gasteiger partial charge on any atom is 0.241 e. The predicted molar refractivity (Wildman–Crippen MR) is 89.4 cm³/mol. The number of carbonyl (C=O) groups is 1. The molecule has 3 rings (SSSR count). The van der Waals surface area contributed by atoms with Crippen molar-refractivity contribution in [3.63, 3.8) is 0 Å². The van der Waals surface area contributed by atoms with Crippen LogP contribution in [0.25, 0.3) is 0 Å². The summed E-state index contributed by atoms with van der Waals surface area (Å²) >= 11 is 0. The number of rotatable bonds is 4. The SMILES string of the molecule is Cc1ccc2c(c1)CCCN2C(=O)CN(C)[C@H](C)c1ccon1. The summed E-state index contributed by atoms with van der Waals surface area (Å²) in [7, 11) is 1.94. The minimum Gasteiger partial charge on any atom is -0.364 e. The molecule has 5 nitrogen and oxygen atoms in total. The summed E-state index contributed by atoms with van der Waals surface area (Å²) in [6.07, 6.45) is 3.63. The number of anilines is 1. The van der Waals surface area contributed by atoms with E-state index in [9.17, 15) is 4.79 Å². The molecule has 1 amide bonds. The van der Waals surface area contributed by atoms with Gasteiger partial charge in [0, 0.05) is 18.3 Å². The third-order valence-corrected chi connectivity index (χ3v) is 4.59. The van der Waals surface area contributed by atoms with Crippen molar-refractivity contribution in [3.8, 4) is 0 Å². The van der Waals surface area contributed by atoms with Gasteiger partial charge in [-0.1, -0.05) is 22.9 Å². The highest BCUT2D eigenvalue weighted by Crippen LogP contribution is 2.28. The molecule has 2 heterocycles. The fraction of sp³-hybridized carbons (Fsp3) is 0.444. The van der Waals surface area contributed by atoms with Gasteiger partial charge in [-0.25, -0.2) is 0 Å². The van der Waals surface area contributed by atoms with Crippen molar-refractivity contribution in [2.45, 2.75) is 32.7 Å². The van der Waals surface area contributed by atoms with Crippen LogP contribution in [0.5, 0.6) is 0 Å². The zero-order valence-corrected chi connectivity index (χ0v) is 14.0. The van der Waals surface area contributed by atoms with Crippen molar-refractivity contribution < 1.29 is 9.32 Å². The average Bonchev–Trinajstić information content (AvgIpc) is 3.07. The molecule has 0 fully saturated rings. The van der Waals surface area contributed by atoms with Crippen LogP contribution in [0.3, 0.4) is 0 Å². The van der Waals surface area contributed by atoms with Crippen molar-refractivity contribution in [2.24, 2.45) is 0 Å². The van der Waals surface area contributed by atoms with Crippen LogP contribution in [0.1, 0.15) is 36.2 Å². The van der Waals surface area contributed by atoms with Crippen molar-refractivity contribution in [1.29, 1.82) is 0 Å². The summed E-state index contributed by atoms with van der Waals surface area (Å²) in [5, 5.41) is 3.96. The highest BCUT2D eigenvalue weighted by molar-refractivity contribution is 5.96. The fourth-order valence-electron chi connectivity index (χ4n) is 3.08. The molecule has 0 bridgehead atoms. The van der Waals surface area contributed by atoms with Gasteiger partial charge in [0.15, 0.2) is 0 Å². The van der Waals surface area contributed by atoms with Gasteiger partial charge in [0.1, 0.15) is 12.0 Å². The third-order valence-electron chi connectivity index (χ3n) is 4.59. The number of carbonyl (C=O) groups excluding carboxylic acids is 1. The highest BCUT2D eigenvalue weighted by Gasteiger charge is 2.25. The smallest absolute Gasteiger partial charge is 0.241 e. The van der Waals surface area contributed by atoms with Gasteiger partial charge in [0.2, 0.25) is 5.91 Å². The molecular weight excluding hydrogens is 290 g/mol. The first-order valence-electron chi connectivity index (χ1n) is 8.06. The van der Waals surface area contributed by atoms with Crippen molar-refractivity contribution in [1.82, 2.24) is 10.1 Å². The average molecular weight is 313 g/mol. The number of likely N-dealkylation sites (N-methyl/N-ethyl adjacent to an activating group) is 1. The molecule has 0 aliphatic carbocycles. The van der Waals surface area contributed by atoms with Gasteiger partial charge in [0.25, 0.3) is 0 Å². The summed E-state index contributed by atoms with van der Waals surface area (Å²) in [5.41, 5.74) is 4.43. The largest absolute Gasteiger partial charge is 0.364 e. The minimum absolute atomic E-state index is 0.0416. The van der Waals surface area contributed by atoms with E-state index in [0.717, 1.165) is 30.8 Å². The Hall–Kier alpha value is -2.14. The van der Waals surface area contributed by atoms with E-state index in [0.29, 0.717) is 6.54 Å². The Morgan fingerprint density at radius 1 is 1.43 bits per heavy atom. The summed E-state index contributed by atoms with van der Waals surface area (Å²) in [6, 6.07) is 8.22. The number of nitrogens with zero attached hydrogens (tertiary/aromatic N) is 3. The molecule has 1 atom stereocenters. The molecule has 1 aliphatic heterocycles. The van der Waals surface area contributed by atoms with Gasteiger partial charge in [0.05, 0.1) is 12.6 Å². The molecule has 0 saturated heterocycles. The first-order chi connectivity index (χ1) is 11.1. The van der Waals surface area contributed by atoms with Crippen molar-refractivity contribution >= 4 is 11.6 Å². The topological polar surface area (TPSA) is 49.6 Å². The number of amides is 1. The van der Waals surface area contributed by atoms with E-state index >= 15 is 0 Å². The zero-order valence-electron chi connectivity index (χ0n) is 14.0. The predicted octanol–water partition coefficient (Wildman–Crippen LogP) is 2.96. The lowest BCUT2D eigenvalue weighted by Crippen LogP contribution is -2.42. The lowest BCUT2D eigenvalue weighted by atomic mass is 9.99. The quantitative estimate of drug-likeness (QED) is 0.871. The first-order valence-corrected chi connectivity index (χ1v) is 8.06. The van der Waals surface area contributed by atoms with Crippen LogP contribution >= 0.6 is 0 Å². The molecule has 1 aromatic carbocycles. The number of fused-ring (bicyclic) bond motifs is 1. The van der Waals surface area contributed by atoms with Crippen LogP contribution < -0.4 is 4.90 Å². The molecule has 0 spiro atoms. The van der Waals surface area contributed by atoms with Gasteiger partial charge in [-0.05, 0) is 45.4 Å². The molecule has 0 radical (unpaired) electrons. The van der Waals surface area contributed by atoms with E-state index in [4.69, 9.17) is 4.52 Å². The molecule has 0 saturated carbocycles. The van der Waals surface area contributed by atoms with E-state index in [1.807, 2.05) is 29.8 Å². The molecule has 23 heavy (non-hydrogen) atoms. The number of hydrogen-bond acceptors (Lipinski definition) is 4. The maximum atomic E-state index is 12.8. The van der Waals surface area contributed by atoms with E-state index in [2.05, 4.69) is 30.3 Å².